The Bertz CT molecular complexity index is 422. The molecule has 4 nitrogen and oxygen atoms in total. The maximum Gasteiger partial charge on any atom is 0.118 e. The average Bonchev–Trinajstić information content (AvgIpc) is 2.48. The van der Waals surface area contributed by atoms with Crippen LogP contribution in [0.5, 0.6) is 5.75 Å². The second-order valence-corrected chi connectivity index (χ2v) is 5.94. The molecular formula is C16H25NO3. The van der Waals surface area contributed by atoms with Gasteiger partial charge in [-0.2, -0.15) is 0 Å². The lowest BCUT2D eigenvalue weighted by molar-refractivity contribution is -0.133. The number of rotatable bonds is 5. The third-order valence-electron chi connectivity index (χ3n) is 4.56. The van der Waals surface area contributed by atoms with Crippen molar-refractivity contribution in [2.24, 2.45) is 11.1 Å². The van der Waals surface area contributed by atoms with Crippen LogP contribution in [0.25, 0.3) is 0 Å². The summed E-state index contributed by atoms with van der Waals surface area (Å²) in [6.07, 6.45) is 2.43. The third kappa shape index (κ3) is 2.97. The van der Waals surface area contributed by atoms with Gasteiger partial charge in [-0.05, 0) is 37.5 Å². The van der Waals surface area contributed by atoms with Crippen LogP contribution in [0.15, 0.2) is 24.3 Å². The standard InChI is InChI=1S/C16H25NO3/c1-15(18,16(11-17)8-3-9-20-12-16)10-13-4-6-14(19-2)7-5-13/h4-7,18H,3,8-12,17H2,1-2H3. The van der Waals surface area contributed by atoms with Crippen molar-refractivity contribution in [3.05, 3.63) is 29.8 Å². The topological polar surface area (TPSA) is 64.7 Å². The summed E-state index contributed by atoms with van der Waals surface area (Å²) in [5, 5.41) is 11.0. The van der Waals surface area contributed by atoms with Gasteiger partial charge in [0.15, 0.2) is 0 Å². The van der Waals surface area contributed by atoms with Gasteiger partial charge in [0, 0.05) is 25.0 Å². The highest BCUT2D eigenvalue weighted by atomic mass is 16.5. The molecule has 3 N–H and O–H groups in total. The largest absolute Gasteiger partial charge is 0.497 e. The summed E-state index contributed by atoms with van der Waals surface area (Å²) in [4.78, 5) is 0. The van der Waals surface area contributed by atoms with Crippen LogP contribution < -0.4 is 10.5 Å². The molecule has 2 atom stereocenters. The Morgan fingerprint density at radius 2 is 2.10 bits per heavy atom. The van der Waals surface area contributed by atoms with Crippen LogP contribution >= 0.6 is 0 Å². The highest BCUT2D eigenvalue weighted by Gasteiger charge is 2.47. The van der Waals surface area contributed by atoms with Crippen LogP contribution in [0.3, 0.4) is 0 Å². The molecule has 1 aromatic carbocycles. The molecule has 0 aromatic heterocycles. The molecule has 20 heavy (non-hydrogen) atoms. The maximum atomic E-state index is 11.0. The molecule has 0 aliphatic carbocycles. The number of benzene rings is 1. The van der Waals surface area contributed by atoms with Crippen molar-refractivity contribution in [3.8, 4) is 5.75 Å². The van der Waals surface area contributed by atoms with E-state index in [0.29, 0.717) is 19.6 Å². The lowest BCUT2D eigenvalue weighted by Gasteiger charge is -2.47. The predicted octanol–water partition coefficient (Wildman–Crippen LogP) is 1.74. The van der Waals surface area contributed by atoms with E-state index in [4.69, 9.17) is 15.2 Å². The number of hydrogen-bond donors (Lipinski definition) is 2. The Morgan fingerprint density at radius 1 is 1.40 bits per heavy atom. The maximum absolute atomic E-state index is 11.0. The van der Waals surface area contributed by atoms with Gasteiger partial charge < -0.3 is 20.3 Å². The fraction of sp³-hybridized carbons (Fsp3) is 0.625. The van der Waals surface area contributed by atoms with Crippen LogP contribution in [-0.2, 0) is 11.2 Å². The molecule has 1 fully saturated rings. The summed E-state index contributed by atoms with van der Waals surface area (Å²) in [5.74, 6) is 0.822. The van der Waals surface area contributed by atoms with Crippen LogP contribution in [-0.4, -0.2) is 37.6 Å². The smallest absolute Gasteiger partial charge is 0.118 e. The molecule has 2 unspecified atom stereocenters. The van der Waals surface area contributed by atoms with Crippen LogP contribution in [0.2, 0.25) is 0 Å². The Hall–Kier alpha value is -1.10. The molecule has 0 amide bonds. The van der Waals surface area contributed by atoms with Crippen molar-refractivity contribution in [1.29, 1.82) is 0 Å². The lowest BCUT2D eigenvalue weighted by atomic mass is 9.67. The van der Waals surface area contributed by atoms with Crippen molar-refractivity contribution in [1.82, 2.24) is 0 Å². The Morgan fingerprint density at radius 3 is 2.60 bits per heavy atom. The minimum atomic E-state index is -0.878. The molecule has 0 bridgehead atoms. The summed E-state index contributed by atoms with van der Waals surface area (Å²) in [7, 11) is 1.65. The zero-order valence-corrected chi connectivity index (χ0v) is 12.4. The zero-order valence-electron chi connectivity index (χ0n) is 12.4. The second-order valence-electron chi connectivity index (χ2n) is 5.94. The summed E-state index contributed by atoms with van der Waals surface area (Å²) in [6, 6.07) is 7.80. The Labute approximate surface area is 120 Å². The van der Waals surface area contributed by atoms with E-state index in [-0.39, 0.29) is 5.41 Å². The van der Waals surface area contributed by atoms with E-state index < -0.39 is 5.60 Å². The first kappa shape index (κ1) is 15.3. The van der Waals surface area contributed by atoms with Crippen LogP contribution in [0.4, 0.5) is 0 Å². The quantitative estimate of drug-likeness (QED) is 0.862. The zero-order chi connectivity index (χ0) is 14.6. The van der Waals surface area contributed by atoms with Crippen molar-refractivity contribution in [3.63, 3.8) is 0 Å². The van der Waals surface area contributed by atoms with Gasteiger partial charge in [0.25, 0.3) is 0 Å². The van der Waals surface area contributed by atoms with Gasteiger partial charge in [-0.1, -0.05) is 12.1 Å². The normalized spacial score (nSPS) is 26.0. The minimum absolute atomic E-state index is 0.356. The second kappa shape index (κ2) is 6.12. The van der Waals surface area contributed by atoms with Gasteiger partial charge in [0.2, 0.25) is 0 Å². The van der Waals surface area contributed by atoms with Crippen molar-refractivity contribution < 1.29 is 14.6 Å². The summed E-state index contributed by atoms with van der Waals surface area (Å²) < 4.78 is 10.7. The van der Waals surface area contributed by atoms with E-state index in [1.807, 2.05) is 31.2 Å². The van der Waals surface area contributed by atoms with Gasteiger partial charge in [-0.25, -0.2) is 0 Å². The first-order valence-electron chi connectivity index (χ1n) is 7.16. The molecule has 1 aromatic rings. The highest BCUT2D eigenvalue weighted by Crippen LogP contribution is 2.40. The van der Waals surface area contributed by atoms with Gasteiger partial charge in [0.05, 0.1) is 19.3 Å². The van der Waals surface area contributed by atoms with E-state index in [9.17, 15) is 5.11 Å². The molecule has 0 spiro atoms. The molecule has 1 saturated heterocycles. The molecule has 4 heteroatoms. The SMILES string of the molecule is COc1ccc(CC(C)(O)C2(CN)CCCOC2)cc1. The lowest BCUT2D eigenvalue weighted by Crippen LogP contribution is -2.56. The van der Waals surface area contributed by atoms with Gasteiger partial charge in [0.1, 0.15) is 5.75 Å². The molecule has 1 heterocycles. The van der Waals surface area contributed by atoms with E-state index in [0.717, 1.165) is 30.8 Å². The highest BCUT2D eigenvalue weighted by molar-refractivity contribution is 5.28. The van der Waals surface area contributed by atoms with E-state index in [1.165, 1.54) is 0 Å². The molecule has 112 valence electrons. The average molecular weight is 279 g/mol. The van der Waals surface area contributed by atoms with E-state index in [2.05, 4.69) is 0 Å². The minimum Gasteiger partial charge on any atom is -0.497 e. The number of nitrogens with two attached hydrogens (primary N) is 1. The number of hydrogen-bond acceptors (Lipinski definition) is 4. The Kier molecular flexibility index (Phi) is 4.68. The first-order chi connectivity index (χ1) is 9.53. The molecule has 0 radical (unpaired) electrons. The molecular weight excluding hydrogens is 254 g/mol. The van der Waals surface area contributed by atoms with Crippen molar-refractivity contribution >= 4 is 0 Å². The molecule has 2 rings (SSSR count). The van der Waals surface area contributed by atoms with Crippen molar-refractivity contribution in [2.75, 3.05) is 26.9 Å². The number of methoxy groups -OCH3 is 1. The summed E-state index contributed by atoms with van der Waals surface area (Å²) in [6.45, 7) is 3.61. The molecule has 1 aliphatic heterocycles. The van der Waals surface area contributed by atoms with E-state index >= 15 is 0 Å². The Balaban J connectivity index is 2.15. The third-order valence-corrected chi connectivity index (χ3v) is 4.56. The molecule has 1 aliphatic rings. The van der Waals surface area contributed by atoms with Crippen LogP contribution in [0.1, 0.15) is 25.3 Å². The number of aliphatic hydroxyl groups is 1. The fourth-order valence-corrected chi connectivity index (χ4v) is 2.99. The van der Waals surface area contributed by atoms with Gasteiger partial charge in [-0.15, -0.1) is 0 Å². The van der Waals surface area contributed by atoms with Gasteiger partial charge in [-0.3, -0.25) is 0 Å². The molecule has 0 saturated carbocycles. The summed E-state index contributed by atoms with van der Waals surface area (Å²) >= 11 is 0. The van der Waals surface area contributed by atoms with Crippen molar-refractivity contribution in [2.45, 2.75) is 31.8 Å². The first-order valence-corrected chi connectivity index (χ1v) is 7.16. The summed E-state index contributed by atoms with van der Waals surface area (Å²) in [5.41, 5.74) is 5.81. The van der Waals surface area contributed by atoms with E-state index in [1.54, 1.807) is 7.11 Å². The fourth-order valence-electron chi connectivity index (χ4n) is 2.99. The number of ether oxygens (including phenoxy) is 2. The predicted molar refractivity (Wildman–Crippen MR) is 78.9 cm³/mol. The monoisotopic (exact) mass is 279 g/mol. The van der Waals surface area contributed by atoms with Gasteiger partial charge >= 0.3 is 0 Å². The van der Waals surface area contributed by atoms with Crippen LogP contribution in [0, 0.1) is 5.41 Å².